The van der Waals surface area contributed by atoms with Crippen LogP contribution in [0, 0.1) is 18.8 Å². The van der Waals surface area contributed by atoms with Gasteiger partial charge in [0, 0.05) is 19.6 Å². The van der Waals surface area contributed by atoms with Crippen LogP contribution in [-0.4, -0.2) is 33.3 Å². The van der Waals surface area contributed by atoms with Crippen LogP contribution in [0.2, 0.25) is 0 Å². The van der Waals surface area contributed by atoms with E-state index in [0.717, 1.165) is 36.0 Å². The number of aryl methyl sites for hydroxylation is 1. The molecule has 0 spiro atoms. The zero-order valence-corrected chi connectivity index (χ0v) is 14.6. The standard InChI is InChI=1S/C16H30N6/c1-6-17-16(18-10-15-21-20-13(4)22(15)5)19-14-8-11(2)7-12(3)9-14/h11-12,14H,6-10H2,1-5H3,(H2,17,18,19). The average Bonchev–Trinajstić information content (AvgIpc) is 2.75. The summed E-state index contributed by atoms with van der Waals surface area (Å²) in [4.78, 5) is 4.67. The molecule has 6 nitrogen and oxygen atoms in total. The smallest absolute Gasteiger partial charge is 0.191 e. The van der Waals surface area contributed by atoms with Crippen molar-refractivity contribution in [2.24, 2.45) is 23.9 Å². The van der Waals surface area contributed by atoms with E-state index in [4.69, 9.17) is 0 Å². The first-order valence-corrected chi connectivity index (χ1v) is 8.39. The third kappa shape index (κ3) is 4.45. The van der Waals surface area contributed by atoms with E-state index in [0.29, 0.717) is 12.6 Å². The first-order valence-electron chi connectivity index (χ1n) is 8.39. The number of hydrogen-bond acceptors (Lipinski definition) is 3. The Labute approximate surface area is 133 Å². The fourth-order valence-corrected chi connectivity index (χ4v) is 3.32. The molecule has 2 N–H and O–H groups in total. The normalized spacial score (nSPS) is 26.0. The topological polar surface area (TPSA) is 67.1 Å². The van der Waals surface area contributed by atoms with Crippen LogP contribution >= 0.6 is 0 Å². The van der Waals surface area contributed by atoms with Crippen molar-refractivity contribution < 1.29 is 0 Å². The number of rotatable bonds is 4. The van der Waals surface area contributed by atoms with Crippen LogP contribution < -0.4 is 10.6 Å². The number of guanidine groups is 1. The Kier molecular flexibility index (Phi) is 5.80. The van der Waals surface area contributed by atoms with Gasteiger partial charge < -0.3 is 15.2 Å². The third-order valence-corrected chi connectivity index (χ3v) is 4.42. The highest BCUT2D eigenvalue weighted by atomic mass is 15.3. The molecule has 0 radical (unpaired) electrons. The summed E-state index contributed by atoms with van der Waals surface area (Å²) in [5.74, 6) is 4.25. The van der Waals surface area contributed by atoms with E-state index < -0.39 is 0 Å². The minimum atomic E-state index is 0.512. The SMILES string of the molecule is CCNC(=NCc1nnc(C)n1C)NC1CC(C)CC(C)C1. The van der Waals surface area contributed by atoms with Crippen LogP contribution in [0.1, 0.15) is 51.7 Å². The summed E-state index contributed by atoms with van der Waals surface area (Å²) >= 11 is 0. The second kappa shape index (κ2) is 7.61. The van der Waals surface area contributed by atoms with Crippen molar-refractivity contribution in [3.05, 3.63) is 11.6 Å². The van der Waals surface area contributed by atoms with Crippen molar-refractivity contribution in [1.29, 1.82) is 0 Å². The molecule has 2 atom stereocenters. The lowest BCUT2D eigenvalue weighted by Crippen LogP contribution is -2.46. The molecule has 2 rings (SSSR count). The van der Waals surface area contributed by atoms with Gasteiger partial charge in [-0.1, -0.05) is 13.8 Å². The molecule has 1 aliphatic rings. The van der Waals surface area contributed by atoms with Crippen LogP contribution in [0.4, 0.5) is 0 Å². The molecular formula is C16H30N6. The van der Waals surface area contributed by atoms with Crippen molar-refractivity contribution in [2.75, 3.05) is 6.54 Å². The van der Waals surface area contributed by atoms with Gasteiger partial charge in [0.15, 0.2) is 11.8 Å². The van der Waals surface area contributed by atoms with E-state index in [1.807, 2.05) is 18.5 Å². The lowest BCUT2D eigenvalue weighted by Gasteiger charge is -2.32. The van der Waals surface area contributed by atoms with Gasteiger partial charge in [0.1, 0.15) is 12.4 Å². The minimum absolute atomic E-state index is 0.512. The molecule has 1 heterocycles. The van der Waals surface area contributed by atoms with Crippen molar-refractivity contribution >= 4 is 5.96 Å². The molecule has 1 aromatic rings. The van der Waals surface area contributed by atoms with Gasteiger partial charge >= 0.3 is 0 Å². The minimum Gasteiger partial charge on any atom is -0.357 e. The maximum atomic E-state index is 4.67. The maximum absolute atomic E-state index is 4.67. The first kappa shape index (κ1) is 16.8. The first-order chi connectivity index (χ1) is 10.5. The lowest BCUT2D eigenvalue weighted by molar-refractivity contribution is 0.255. The molecular weight excluding hydrogens is 276 g/mol. The van der Waals surface area contributed by atoms with Gasteiger partial charge in [-0.3, -0.25) is 0 Å². The Hall–Kier alpha value is -1.59. The number of aromatic nitrogens is 3. The van der Waals surface area contributed by atoms with Gasteiger partial charge in [-0.05, 0) is 44.9 Å². The maximum Gasteiger partial charge on any atom is 0.191 e. The van der Waals surface area contributed by atoms with Gasteiger partial charge in [0.05, 0.1) is 0 Å². The third-order valence-electron chi connectivity index (χ3n) is 4.42. The zero-order valence-electron chi connectivity index (χ0n) is 14.6. The van der Waals surface area contributed by atoms with Gasteiger partial charge in [0.2, 0.25) is 0 Å². The summed E-state index contributed by atoms with van der Waals surface area (Å²) in [5.41, 5.74) is 0. The zero-order chi connectivity index (χ0) is 16.1. The monoisotopic (exact) mass is 306 g/mol. The van der Waals surface area contributed by atoms with Crippen LogP contribution in [0.3, 0.4) is 0 Å². The highest BCUT2D eigenvalue weighted by molar-refractivity contribution is 5.80. The predicted molar refractivity (Wildman–Crippen MR) is 89.7 cm³/mol. The Morgan fingerprint density at radius 2 is 1.91 bits per heavy atom. The average molecular weight is 306 g/mol. The molecule has 1 saturated carbocycles. The molecule has 0 bridgehead atoms. The molecule has 22 heavy (non-hydrogen) atoms. The number of nitrogens with one attached hydrogen (secondary N) is 2. The van der Waals surface area contributed by atoms with Crippen LogP contribution in [0.15, 0.2) is 4.99 Å². The van der Waals surface area contributed by atoms with Gasteiger partial charge in [-0.25, -0.2) is 4.99 Å². The summed E-state index contributed by atoms with van der Waals surface area (Å²) in [6.07, 6.45) is 3.78. The van der Waals surface area contributed by atoms with Gasteiger partial charge in [-0.2, -0.15) is 0 Å². The summed E-state index contributed by atoms with van der Waals surface area (Å²) in [6.45, 7) is 10.1. The Morgan fingerprint density at radius 1 is 1.23 bits per heavy atom. The van der Waals surface area contributed by atoms with Crippen molar-refractivity contribution in [2.45, 2.75) is 59.5 Å². The fraction of sp³-hybridized carbons (Fsp3) is 0.812. The summed E-state index contributed by atoms with van der Waals surface area (Å²) in [5, 5.41) is 15.2. The largest absolute Gasteiger partial charge is 0.357 e. The second-order valence-electron chi connectivity index (χ2n) is 6.68. The predicted octanol–water partition coefficient (Wildman–Crippen LogP) is 2.00. The van der Waals surface area contributed by atoms with E-state index in [2.05, 4.69) is 46.6 Å². The number of aliphatic imine (C=N–C) groups is 1. The summed E-state index contributed by atoms with van der Waals surface area (Å²) in [6, 6.07) is 0.512. The molecule has 0 saturated heterocycles. The van der Waals surface area contributed by atoms with E-state index in [-0.39, 0.29) is 0 Å². The molecule has 2 unspecified atom stereocenters. The van der Waals surface area contributed by atoms with Crippen LogP contribution in [0.5, 0.6) is 0 Å². The number of nitrogens with zero attached hydrogens (tertiary/aromatic N) is 4. The summed E-state index contributed by atoms with van der Waals surface area (Å²) < 4.78 is 1.98. The molecule has 0 amide bonds. The molecule has 124 valence electrons. The van der Waals surface area contributed by atoms with E-state index in [9.17, 15) is 0 Å². The van der Waals surface area contributed by atoms with Crippen molar-refractivity contribution in [1.82, 2.24) is 25.4 Å². The fourth-order valence-electron chi connectivity index (χ4n) is 3.32. The van der Waals surface area contributed by atoms with Gasteiger partial charge in [0.25, 0.3) is 0 Å². The second-order valence-corrected chi connectivity index (χ2v) is 6.68. The summed E-state index contributed by atoms with van der Waals surface area (Å²) in [7, 11) is 1.98. The Bertz CT molecular complexity index is 497. The van der Waals surface area contributed by atoms with Crippen LogP contribution in [-0.2, 0) is 13.6 Å². The van der Waals surface area contributed by atoms with Crippen molar-refractivity contribution in [3.63, 3.8) is 0 Å². The lowest BCUT2D eigenvalue weighted by atomic mass is 9.80. The molecule has 6 heteroatoms. The molecule has 0 aliphatic heterocycles. The molecule has 1 fully saturated rings. The molecule has 1 aliphatic carbocycles. The van der Waals surface area contributed by atoms with Crippen molar-refractivity contribution in [3.8, 4) is 0 Å². The number of hydrogen-bond donors (Lipinski definition) is 2. The molecule has 0 aromatic carbocycles. The Morgan fingerprint density at radius 3 is 2.45 bits per heavy atom. The van der Waals surface area contributed by atoms with E-state index >= 15 is 0 Å². The van der Waals surface area contributed by atoms with E-state index in [1.165, 1.54) is 19.3 Å². The van der Waals surface area contributed by atoms with Gasteiger partial charge in [-0.15, -0.1) is 10.2 Å². The Balaban J connectivity index is 1.99. The quantitative estimate of drug-likeness (QED) is 0.659. The highest BCUT2D eigenvalue weighted by Crippen LogP contribution is 2.28. The molecule has 1 aromatic heterocycles. The van der Waals surface area contributed by atoms with E-state index in [1.54, 1.807) is 0 Å². The van der Waals surface area contributed by atoms with Crippen LogP contribution in [0.25, 0.3) is 0 Å². The highest BCUT2D eigenvalue weighted by Gasteiger charge is 2.24.